The van der Waals surface area contributed by atoms with E-state index in [0.29, 0.717) is 12.2 Å². The average Bonchev–Trinajstić information content (AvgIpc) is 2.41. The lowest BCUT2D eigenvalue weighted by molar-refractivity contribution is 0.661. The van der Waals surface area contributed by atoms with Gasteiger partial charge in [-0.1, -0.05) is 47.6 Å². The molecule has 1 aromatic rings. The minimum absolute atomic E-state index is 0. The number of nitrogens with one attached hydrogen (secondary N) is 1. The Labute approximate surface area is 140 Å². The van der Waals surface area contributed by atoms with E-state index in [1.807, 2.05) is 6.07 Å². The zero-order chi connectivity index (χ0) is 14.3. The van der Waals surface area contributed by atoms with Gasteiger partial charge in [-0.25, -0.2) is 4.98 Å². The molecule has 0 spiro atoms. The second-order valence-corrected chi connectivity index (χ2v) is 5.11. The Morgan fingerprint density at radius 1 is 1.10 bits per heavy atom. The highest BCUT2D eigenvalue weighted by Crippen LogP contribution is 2.36. The molecule has 1 aromatic heterocycles. The Morgan fingerprint density at radius 2 is 1.75 bits per heavy atom. The van der Waals surface area contributed by atoms with E-state index in [-0.39, 0.29) is 33.3 Å². The highest BCUT2D eigenvalue weighted by Gasteiger charge is 2.15. The number of hydrogen-bond donors (Lipinski definition) is 2. The van der Waals surface area contributed by atoms with Gasteiger partial charge >= 0.3 is 0 Å². The van der Waals surface area contributed by atoms with E-state index < -0.39 is 0 Å². The molecular formula is C12H16Cl4N4. The fourth-order valence-electron chi connectivity index (χ4n) is 1.58. The van der Waals surface area contributed by atoms with Crippen LogP contribution in [0.2, 0.25) is 15.2 Å². The van der Waals surface area contributed by atoms with Crippen molar-refractivity contribution in [2.75, 3.05) is 18.4 Å². The van der Waals surface area contributed by atoms with Crippen LogP contribution < -0.4 is 11.1 Å². The van der Waals surface area contributed by atoms with Crippen molar-refractivity contribution >= 4 is 52.9 Å². The third kappa shape index (κ3) is 5.51. The van der Waals surface area contributed by atoms with Crippen molar-refractivity contribution in [3.8, 4) is 6.07 Å². The number of nitriles is 1. The molecule has 0 saturated carbocycles. The molecule has 1 heterocycles. The zero-order valence-corrected chi connectivity index (χ0v) is 13.8. The second kappa shape index (κ2) is 10.3. The van der Waals surface area contributed by atoms with Crippen LogP contribution in [-0.2, 0) is 0 Å². The van der Waals surface area contributed by atoms with Gasteiger partial charge in [0.2, 0.25) is 0 Å². The number of nitrogens with two attached hydrogens (primary N) is 1. The molecule has 0 bridgehead atoms. The quantitative estimate of drug-likeness (QED) is 0.564. The third-order valence-corrected chi connectivity index (χ3v) is 3.68. The zero-order valence-electron chi connectivity index (χ0n) is 10.8. The Bertz CT molecular complexity index is 474. The molecule has 0 aliphatic heterocycles. The maximum atomic E-state index is 8.89. The number of aromatic nitrogens is 1. The summed E-state index contributed by atoms with van der Waals surface area (Å²) >= 11 is 17.9. The molecule has 0 fully saturated rings. The molecule has 0 saturated heterocycles. The maximum Gasteiger partial charge on any atom is 0.163 e. The highest BCUT2D eigenvalue weighted by atomic mass is 35.5. The summed E-state index contributed by atoms with van der Waals surface area (Å²) in [4.78, 5) is 3.81. The van der Waals surface area contributed by atoms with Crippen molar-refractivity contribution in [1.82, 2.24) is 4.98 Å². The molecule has 4 nitrogen and oxygen atoms in total. The molecule has 0 aromatic carbocycles. The van der Waals surface area contributed by atoms with E-state index in [1.54, 1.807) is 0 Å². The number of nitrogens with zero attached hydrogens (tertiary/aromatic N) is 2. The molecule has 8 heteroatoms. The standard InChI is InChI=1S/C12H15Cl3N4.ClH/c13-9-8(7-17)19-12(15)10(14)11(9)18-6-4-2-1-3-5-16;/h1-6,16H2,(H,18,19);1H. The summed E-state index contributed by atoms with van der Waals surface area (Å²) in [5.74, 6) is 0. The first-order valence-electron chi connectivity index (χ1n) is 6.00. The second-order valence-electron chi connectivity index (χ2n) is 4.00. The van der Waals surface area contributed by atoms with Gasteiger partial charge < -0.3 is 11.1 Å². The Kier molecular flexibility index (Phi) is 10.1. The number of halogens is 4. The smallest absolute Gasteiger partial charge is 0.163 e. The monoisotopic (exact) mass is 356 g/mol. The van der Waals surface area contributed by atoms with Crippen molar-refractivity contribution < 1.29 is 0 Å². The predicted molar refractivity (Wildman–Crippen MR) is 87.2 cm³/mol. The minimum atomic E-state index is 0. The van der Waals surface area contributed by atoms with E-state index in [2.05, 4.69) is 10.3 Å². The molecule has 3 N–H and O–H groups in total. The average molecular weight is 358 g/mol. The van der Waals surface area contributed by atoms with Crippen LogP contribution in [-0.4, -0.2) is 18.1 Å². The summed E-state index contributed by atoms with van der Waals surface area (Å²) in [7, 11) is 0. The lowest BCUT2D eigenvalue weighted by Crippen LogP contribution is -2.05. The molecule has 0 amide bonds. The number of hydrogen-bond acceptors (Lipinski definition) is 4. The number of pyridine rings is 1. The molecule has 0 aliphatic rings. The maximum absolute atomic E-state index is 8.89. The largest absolute Gasteiger partial charge is 0.382 e. The first-order valence-corrected chi connectivity index (χ1v) is 7.13. The van der Waals surface area contributed by atoms with Gasteiger partial charge in [0.15, 0.2) is 10.8 Å². The molecule has 0 radical (unpaired) electrons. The molecule has 20 heavy (non-hydrogen) atoms. The number of rotatable bonds is 7. The Hall–Kier alpha value is -0.440. The molecule has 0 unspecified atom stereocenters. The van der Waals surface area contributed by atoms with Gasteiger partial charge in [-0.3, -0.25) is 0 Å². The summed E-state index contributed by atoms with van der Waals surface area (Å²) in [5, 5.41) is 12.5. The van der Waals surface area contributed by atoms with Crippen LogP contribution in [0.5, 0.6) is 0 Å². The molecular weight excluding hydrogens is 342 g/mol. The van der Waals surface area contributed by atoms with E-state index in [9.17, 15) is 0 Å². The normalized spacial score (nSPS) is 9.75. The van der Waals surface area contributed by atoms with Crippen molar-refractivity contribution in [3.63, 3.8) is 0 Å². The number of anilines is 1. The summed E-state index contributed by atoms with van der Waals surface area (Å²) in [6.45, 7) is 1.42. The Morgan fingerprint density at radius 3 is 2.35 bits per heavy atom. The summed E-state index contributed by atoms with van der Waals surface area (Å²) in [6, 6.07) is 1.88. The van der Waals surface area contributed by atoms with Gasteiger partial charge in [0.05, 0.1) is 5.69 Å². The molecule has 0 aliphatic carbocycles. The number of unbranched alkanes of at least 4 members (excludes halogenated alkanes) is 3. The molecule has 1 rings (SSSR count). The van der Waals surface area contributed by atoms with E-state index in [4.69, 9.17) is 45.8 Å². The van der Waals surface area contributed by atoms with Crippen molar-refractivity contribution in [2.45, 2.75) is 25.7 Å². The van der Waals surface area contributed by atoms with Gasteiger partial charge in [-0.2, -0.15) is 5.26 Å². The SMILES string of the molecule is Cl.N#Cc1nc(Cl)c(Cl)c(NCCCCCCN)c1Cl. The van der Waals surface area contributed by atoms with Crippen molar-refractivity contribution in [2.24, 2.45) is 5.73 Å². The topological polar surface area (TPSA) is 74.7 Å². The van der Waals surface area contributed by atoms with E-state index in [1.165, 1.54) is 0 Å². The summed E-state index contributed by atoms with van der Waals surface area (Å²) < 4.78 is 0. The van der Waals surface area contributed by atoms with Crippen molar-refractivity contribution in [3.05, 3.63) is 20.9 Å². The Balaban J connectivity index is 0.00000361. The first kappa shape index (κ1) is 19.6. The fraction of sp³-hybridized carbons (Fsp3) is 0.500. The van der Waals surface area contributed by atoms with Gasteiger partial charge in [0.1, 0.15) is 16.1 Å². The third-order valence-electron chi connectivity index (χ3n) is 2.58. The van der Waals surface area contributed by atoms with Crippen LogP contribution in [0.1, 0.15) is 31.4 Å². The van der Waals surface area contributed by atoms with Crippen LogP contribution in [0.3, 0.4) is 0 Å². The van der Waals surface area contributed by atoms with Gasteiger partial charge in [0, 0.05) is 6.54 Å². The highest BCUT2D eigenvalue weighted by molar-refractivity contribution is 6.45. The predicted octanol–water partition coefficient (Wildman–Crippen LogP) is 4.27. The van der Waals surface area contributed by atoms with Gasteiger partial charge in [-0.15, -0.1) is 12.4 Å². The summed E-state index contributed by atoms with van der Waals surface area (Å²) in [6.07, 6.45) is 4.17. The van der Waals surface area contributed by atoms with Crippen LogP contribution in [0.4, 0.5) is 5.69 Å². The van der Waals surface area contributed by atoms with Crippen molar-refractivity contribution in [1.29, 1.82) is 5.26 Å². The molecule has 0 atom stereocenters. The van der Waals surface area contributed by atoms with Crippen LogP contribution in [0.15, 0.2) is 0 Å². The van der Waals surface area contributed by atoms with Crippen LogP contribution in [0, 0.1) is 11.3 Å². The van der Waals surface area contributed by atoms with E-state index >= 15 is 0 Å². The summed E-state index contributed by atoms with van der Waals surface area (Å²) in [5.41, 5.74) is 5.96. The van der Waals surface area contributed by atoms with Crippen LogP contribution >= 0.6 is 47.2 Å². The fourth-order valence-corrected chi connectivity index (χ4v) is 2.26. The lowest BCUT2D eigenvalue weighted by Gasteiger charge is -2.11. The lowest BCUT2D eigenvalue weighted by atomic mass is 10.2. The molecule has 112 valence electrons. The van der Waals surface area contributed by atoms with Gasteiger partial charge in [-0.05, 0) is 19.4 Å². The first-order chi connectivity index (χ1) is 9.11. The van der Waals surface area contributed by atoms with Gasteiger partial charge in [0.25, 0.3) is 0 Å². The van der Waals surface area contributed by atoms with Crippen LogP contribution in [0.25, 0.3) is 0 Å². The minimum Gasteiger partial charge on any atom is -0.382 e. The van der Waals surface area contributed by atoms with E-state index in [0.717, 1.165) is 32.2 Å².